The van der Waals surface area contributed by atoms with Crippen molar-refractivity contribution in [3.63, 3.8) is 0 Å². The molecule has 1 unspecified atom stereocenters. The van der Waals surface area contributed by atoms with Gasteiger partial charge in [-0.25, -0.2) is 4.79 Å². The molecular formula is C19H27N5O3. The Kier molecular flexibility index (Phi) is 7.84. The van der Waals surface area contributed by atoms with Crippen molar-refractivity contribution in [3.05, 3.63) is 59.6 Å². The van der Waals surface area contributed by atoms with E-state index in [1.807, 2.05) is 43.5 Å². The lowest BCUT2D eigenvalue weighted by molar-refractivity contribution is 0.110. The third-order valence-corrected chi connectivity index (χ3v) is 4.23. The van der Waals surface area contributed by atoms with Gasteiger partial charge in [-0.3, -0.25) is 4.68 Å². The number of amides is 2. The van der Waals surface area contributed by atoms with Crippen LogP contribution in [0.5, 0.6) is 0 Å². The molecule has 2 aromatic rings. The van der Waals surface area contributed by atoms with Gasteiger partial charge in [0.15, 0.2) is 0 Å². The number of ether oxygens (including phenoxy) is 1. The van der Waals surface area contributed by atoms with E-state index in [0.717, 1.165) is 16.8 Å². The Bertz CT molecular complexity index is 745. The molecule has 0 aliphatic carbocycles. The van der Waals surface area contributed by atoms with Crippen LogP contribution in [-0.4, -0.2) is 33.6 Å². The molecule has 0 spiro atoms. The number of nitrogens with one attached hydrogen (secondary N) is 1. The molecule has 8 nitrogen and oxygen atoms in total. The molecule has 0 fully saturated rings. The minimum Gasteiger partial charge on any atom is -0.501 e. The zero-order valence-electron chi connectivity index (χ0n) is 15.4. The van der Waals surface area contributed by atoms with E-state index in [0.29, 0.717) is 26.0 Å². The smallest absolute Gasteiger partial charge is 0.312 e. The molecule has 146 valence electrons. The number of hydrogen-bond donors (Lipinski definition) is 4. The number of hydrogen-bond acceptors (Lipinski definition) is 5. The predicted octanol–water partition coefficient (Wildman–Crippen LogP) is 1.42. The molecule has 1 heterocycles. The van der Waals surface area contributed by atoms with E-state index in [9.17, 15) is 9.90 Å². The highest BCUT2D eigenvalue weighted by molar-refractivity contribution is 5.72. The van der Waals surface area contributed by atoms with E-state index >= 15 is 0 Å². The number of aliphatic hydroxyl groups excluding tert-OH is 1. The summed E-state index contributed by atoms with van der Waals surface area (Å²) in [5, 5.41) is 17.2. The molecule has 1 aromatic heterocycles. The van der Waals surface area contributed by atoms with Gasteiger partial charge in [0, 0.05) is 19.2 Å². The van der Waals surface area contributed by atoms with Crippen LogP contribution in [0.1, 0.15) is 35.7 Å². The van der Waals surface area contributed by atoms with Gasteiger partial charge in [0.1, 0.15) is 0 Å². The molecule has 2 rings (SSSR count). The quantitative estimate of drug-likeness (QED) is 0.370. The van der Waals surface area contributed by atoms with Crippen LogP contribution in [0, 0.1) is 0 Å². The second kappa shape index (κ2) is 10.3. The largest absolute Gasteiger partial charge is 0.501 e. The number of carbonyl (C=O) groups is 1. The molecule has 0 aliphatic heterocycles. The van der Waals surface area contributed by atoms with Gasteiger partial charge in [0.25, 0.3) is 0 Å². The fourth-order valence-electron chi connectivity index (χ4n) is 2.82. The zero-order chi connectivity index (χ0) is 19.6. The van der Waals surface area contributed by atoms with Crippen molar-refractivity contribution in [2.45, 2.75) is 31.5 Å². The lowest BCUT2D eigenvalue weighted by Crippen LogP contribution is -2.39. The van der Waals surface area contributed by atoms with Crippen LogP contribution in [0.25, 0.3) is 6.08 Å². The summed E-state index contributed by atoms with van der Waals surface area (Å²) < 4.78 is 7.21. The molecule has 2 atom stereocenters. The number of urea groups is 1. The van der Waals surface area contributed by atoms with Crippen LogP contribution >= 0.6 is 0 Å². The van der Waals surface area contributed by atoms with Crippen LogP contribution in [0.15, 0.2) is 42.8 Å². The maximum Gasteiger partial charge on any atom is 0.312 e. The molecule has 0 saturated carbocycles. The fourth-order valence-corrected chi connectivity index (χ4v) is 2.82. The summed E-state index contributed by atoms with van der Waals surface area (Å²) in [5.74, 6) is 0. The van der Waals surface area contributed by atoms with Crippen molar-refractivity contribution < 1.29 is 14.6 Å². The number of nitrogens with zero attached hydrogens (tertiary/aromatic N) is 2. The third-order valence-electron chi connectivity index (χ3n) is 4.23. The van der Waals surface area contributed by atoms with Gasteiger partial charge >= 0.3 is 6.03 Å². The fraction of sp³-hybridized carbons (Fsp3) is 0.368. The Balaban J connectivity index is 1.80. The number of primary amides is 1. The van der Waals surface area contributed by atoms with Gasteiger partial charge in [0.05, 0.1) is 36.9 Å². The molecular weight excluding hydrogens is 346 g/mol. The number of carbonyl (C=O) groups excluding carboxylic acids is 1. The highest BCUT2D eigenvalue weighted by atomic mass is 16.5. The molecule has 0 aliphatic rings. The van der Waals surface area contributed by atoms with Gasteiger partial charge in [-0.1, -0.05) is 30.3 Å². The zero-order valence-corrected chi connectivity index (χ0v) is 15.4. The third kappa shape index (κ3) is 6.12. The molecule has 1 aromatic carbocycles. The molecule has 0 saturated heterocycles. The van der Waals surface area contributed by atoms with Crippen molar-refractivity contribution in [2.75, 3.05) is 6.61 Å². The van der Waals surface area contributed by atoms with Crippen LogP contribution in [0.3, 0.4) is 0 Å². The first-order valence-corrected chi connectivity index (χ1v) is 8.81. The number of benzene rings is 1. The Morgan fingerprint density at radius 1 is 1.41 bits per heavy atom. The first kappa shape index (κ1) is 20.5. The lowest BCUT2D eigenvalue weighted by atomic mass is 9.98. The van der Waals surface area contributed by atoms with Crippen molar-refractivity contribution in [3.8, 4) is 0 Å². The molecule has 0 radical (unpaired) electrons. The summed E-state index contributed by atoms with van der Waals surface area (Å²) in [5.41, 5.74) is 13.6. The Morgan fingerprint density at radius 3 is 2.81 bits per heavy atom. The van der Waals surface area contributed by atoms with E-state index in [1.54, 1.807) is 17.1 Å². The van der Waals surface area contributed by atoms with E-state index in [4.69, 9.17) is 16.2 Å². The second-order valence-electron chi connectivity index (χ2n) is 6.15. The van der Waals surface area contributed by atoms with Gasteiger partial charge < -0.3 is 26.6 Å². The minimum absolute atomic E-state index is 0.399. The van der Waals surface area contributed by atoms with Gasteiger partial charge in [-0.05, 0) is 24.5 Å². The Labute approximate surface area is 158 Å². The predicted molar refractivity (Wildman–Crippen MR) is 103 cm³/mol. The van der Waals surface area contributed by atoms with Crippen molar-refractivity contribution in [1.82, 2.24) is 15.1 Å². The summed E-state index contributed by atoms with van der Waals surface area (Å²) in [6.45, 7) is 0.833. The summed E-state index contributed by atoms with van der Waals surface area (Å²) in [7, 11) is 1.84. The highest BCUT2D eigenvalue weighted by Gasteiger charge is 2.21. The maximum absolute atomic E-state index is 11.2. The van der Waals surface area contributed by atoms with E-state index < -0.39 is 18.2 Å². The molecule has 2 amide bonds. The molecule has 27 heavy (non-hydrogen) atoms. The van der Waals surface area contributed by atoms with Crippen LogP contribution in [0.4, 0.5) is 4.79 Å². The normalized spacial score (nSPS) is 13.4. The van der Waals surface area contributed by atoms with Crippen molar-refractivity contribution in [2.24, 2.45) is 18.5 Å². The summed E-state index contributed by atoms with van der Waals surface area (Å²) >= 11 is 0. The monoisotopic (exact) mass is 373 g/mol. The number of rotatable bonds is 10. The summed E-state index contributed by atoms with van der Waals surface area (Å²) in [6, 6.07) is 8.02. The van der Waals surface area contributed by atoms with Gasteiger partial charge in [-0.2, -0.15) is 5.10 Å². The van der Waals surface area contributed by atoms with Crippen molar-refractivity contribution in [1.29, 1.82) is 0 Å². The number of aliphatic hydroxyl groups is 1. The highest BCUT2D eigenvalue weighted by Crippen LogP contribution is 2.20. The van der Waals surface area contributed by atoms with Crippen LogP contribution in [0.2, 0.25) is 0 Å². The Hall–Kier alpha value is -2.84. The summed E-state index contributed by atoms with van der Waals surface area (Å²) in [6.07, 6.45) is 5.44. The molecule has 8 heteroatoms. The average molecular weight is 373 g/mol. The number of aryl methyl sites for hydroxylation is 1. The second-order valence-corrected chi connectivity index (χ2v) is 6.15. The standard InChI is InChI=1S/C19H27N5O3/c1-24-16(12-20)15(13-22-24)9-11-27-10-5-8-17(25)18(23-19(21)26)14-6-3-2-4-7-14/h2-4,6-7,9,11,13,17-18,25H,5,8,10,12,20H2,1H3,(H3,21,23,26)/t17?,18-/m0/s1. The topological polar surface area (TPSA) is 128 Å². The molecule has 0 bridgehead atoms. The summed E-state index contributed by atoms with van der Waals surface area (Å²) in [4.78, 5) is 11.2. The number of aromatic nitrogens is 2. The first-order chi connectivity index (χ1) is 13.0. The van der Waals surface area contributed by atoms with E-state index in [2.05, 4.69) is 10.4 Å². The SMILES string of the molecule is Cn1ncc(C=COCCCC(O)[C@@H](NC(N)=O)c2ccccc2)c1CN. The first-order valence-electron chi connectivity index (χ1n) is 8.81. The van der Waals surface area contributed by atoms with Gasteiger partial charge in [-0.15, -0.1) is 0 Å². The van der Waals surface area contributed by atoms with E-state index in [-0.39, 0.29) is 0 Å². The van der Waals surface area contributed by atoms with Crippen LogP contribution < -0.4 is 16.8 Å². The molecule has 6 N–H and O–H groups in total. The lowest BCUT2D eigenvalue weighted by Gasteiger charge is -2.23. The van der Waals surface area contributed by atoms with Crippen molar-refractivity contribution >= 4 is 12.1 Å². The Morgan fingerprint density at radius 2 is 2.15 bits per heavy atom. The van der Waals surface area contributed by atoms with E-state index in [1.165, 1.54) is 0 Å². The number of nitrogens with two attached hydrogens (primary N) is 2. The average Bonchev–Trinajstić information content (AvgIpc) is 3.02. The van der Waals surface area contributed by atoms with Gasteiger partial charge in [0.2, 0.25) is 0 Å². The van der Waals surface area contributed by atoms with Crippen LogP contribution in [-0.2, 0) is 18.3 Å². The maximum atomic E-state index is 11.2. The minimum atomic E-state index is -0.769.